The van der Waals surface area contributed by atoms with Crippen molar-refractivity contribution in [3.8, 4) is 0 Å². The number of aromatic nitrogens is 2. The maximum absolute atomic E-state index is 12.0. The van der Waals surface area contributed by atoms with Crippen LogP contribution < -0.4 is 5.73 Å². The van der Waals surface area contributed by atoms with Gasteiger partial charge in [-0.1, -0.05) is 28.1 Å². The number of nitrogens with two attached hydrogens (primary N) is 1. The van der Waals surface area contributed by atoms with E-state index in [1.54, 1.807) is 12.5 Å². The van der Waals surface area contributed by atoms with Crippen LogP contribution in [0, 0.1) is 0 Å². The number of imidazole rings is 1. The molecule has 0 aliphatic heterocycles. The third-order valence-corrected chi connectivity index (χ3v) is 3.12. The Morgan fingerprint density at radius 2 is 2.06 bits per heavy atom. The van der Waals surface area contributed by atoms with Crippen molar-refractivity contribution in [3.05, 3.63) is 52.5 Å². The second kappa shape index (κ2) is 5.93. The Bertz CT molecular complexity index is 533. The summed E-state index contributed by atoms with van der Waals surface area (Å²) in [5.74, 6) is 0.00749. The molecule has 0 amide bonds. The topological polar surface area (TPSA) is 60.9 Å². The first-order valence-corrected chi connectivity index (χ1v) is 6.49. The van der Waals surface area contributed by atoms with Crippen LogP contribution in [0.5, 0.6) is 0 Å². The summed E-state index contributed by atoms with van der Waals surface area (Å²) in [6.45, 7) is 0.540. The smallest absolute Gasteiger partial charge is 0.236 e. The highest BCUT2D eigenvalue weighted by molar-refractivity contribution is 9.10. The molecule has 5 heteroatoms. The number of hydrogen-bond acceptors (Lipinski definition) is 3. The van der Waals surface area contributed by atoms with Crippen molar-refractivity contribution < 1.29 is 4.79 Å². The molecule has 4 nitrogen and oxygen atoms in total. The van der Waals surface area contributed by atoms with Crippen molar-refractivity contribution in [1.29, 1.82) is 0 Å². The van der Waals surface area contributed by atoms with Crippen LogP contribution >= 0.6 is 15.9 Å². The van der Waals surface area contributed by atoms with E-state index in [4.69, 9.17) is 5.73 Å². The summed E-state index contributed by atoms with van der Waals surface area (Å²) < 4.78 is 2.53. The molecule has 2 N–H and O–H groups in total. The Labute approximate surface area is 114 Å². The summed E-state index contributed by atoms with van der Waals surface area (Å²) in [5, 5.41) is 0. The molecule has 0 unspecified atom stereocenters. The highest BCUT2D eigenvalue weighted by Crippen LogP contribution is 2.11. The highest BCUT2D eigenvalue weighted by Gasteiger charge is 2.07. The number of halogens is 1. The van der Waals surface area contributed by atoms with Gasteiger partial charge in [0.05, 0.1) is 12.1 Å². The second-order valence-corrected chi connectivity index (χ2v) is 4.92. The molecule has 0 atom stereocenters. The monoisotopic (exact) mass is 307 g/mol. The number of rotatable bonds is 4. The van der Waals surface area contributed by atoms with Crippen LogP contribution in [0.15, 0.2) is 41.3 Å². The lowest BCUT2D eigenvalue weighted by molar-refractivity contribution is 0.0914. The molecule has 1 aromatic carbocycles. The maximum atomic E-state index is 12.0. The summed E-state index contributed by atoms with van der Waals surface area (Å²) in [7, 11) is 0. The number of hydrogen-bond donors (Lipinski definition) is 1. The van der Waals surface area contributed by atoms with Crippen molar-refractivity contribution in [2.24, 2.45) is 5.73 Å². The Hall–Kier alpha value is -1.46. The Morgan fingerprint density at radius 1 is 1.33 bits per heavy atom. The second-order valence-electron chi connectivity index (χ2n) is 4.01. The van der Waals surface area contributed by atoms with E-state index in [1.807, 2.05) is 24.3 Å². The molecule has 0 spiro atoms. The van der Waals surface area contributed by atoms with Gasteiger partial charge in [-0.2, -0.15) is 0 Å². The van der Waals surface area contributed by atoms with Crippen molar-refractivity contribution >= 4 is 21.8 Å². The SMILES string of the molecule is NCCc1cn(C(=O)Cc2ccc(Br)cc2)cn1. The fourth-order valence-electron chi connectivity index (χ4n) is 1.65. The molecule has 18 heavy (non-hydrogen) atoms. The zero-order valence-electron chi connectivity index (χ0n) is 9.84. The molecule has 1 heterocycles. The van der Waals surface area contributed by atoms with Crippen LogP contribution in [-0.2, 0) is 12.8 Å². The first-order valence-electron chi connectivity index (χ1n) is 5.69. The predicted octanol–water partition coefficient (Wildman–Crippen LogP) is 2.03. The zero-order chi connectivity index (χ0) is 13.0. The molecular formula is C13H14BrN3O. The van der Waals surface area contributed by atoms with Crippen LogP contribution in [0.1, 0.15) is 16.1 Å². The third kappa shape index (κ3) is 3.27. The zero-order valence-corrected chi connectivity index (χ0v) is 11.4. The largest absolute Gasteiger partial charge is 0.330 e. The summed E-state index contributed by atoms with van der Waals surface area (Å²) in [6.07, 6.45) is 4.35. The molecule has 2 aromatic rings. The van der Waals surface area contributed by atoms with Gasteiger partial charge in [0.1, 0.15) is 6.33 Å². The number of nitrogens with zero attached hydrogens (tertiary/aromatic N) is 2. The molecule has 94 valence electrons. The van der Waals surface area contributed by atoms with Crippen LogP contribution in [-0.4, -0.2) is 22.0 Å². The summed E-state index contributed by atoms with van der Waals surface area (Å²) in [4.78, 5) is 16.1. The van der Waals surface area contributed by atoms with Crippen LogP contribution in [0.3, 0.4) is 0 Å². The van der Waals surface area contributed by atoms with Crippen molar-refractivity contribution in [2.45, 2.75) is 12.8 Å². The van der Waals surface area contributed by atoms with Gasteiger partial charge in [-0.3, -0.25) is 9.36 Å². The van der Waals surface area contributed by atoms with Crippen LogP contribution in [0.4, 0.5) is 0 Å². The minimum atomic E-state index is 0.00749. The van der Waals surface area contributed by atoms with Gasteiger partial charge in [0.15, 0.2) is 0 Å². The van der Waals surface area contributed by atoms with Gasteiger partial charge in [-0.25, -0.2) is 4.98 Å². The fraction of sp³-hybridized carbons (Fsp3) is 0.231. The predicted molar refractivity (Wildman–Crippen MR) is 73.5 cm³/mol. The van der Waals surface area contributed by atoms with Crippen LogP contribution in [0.25, 0.3) is 0 Å². The van der Waals surface area contributed by atoms with E-state index in [-0.39, 0.29) is 5.91 Å². The maximum Gasteiger partial charge on any atom is 0.236 e. The third-order valence-electron chi connectivity index (χ3n) is 2.59. The van der Waals surface area contributed by atoms with Crippen molar-refractivity contribution in [2.75, 3.05) is 6.54 Å². The summed E-state index contributed by atoms with van der Waals surface area (Å²) >= 11 is 3.37. The quantitative estimate of drug-likeness (QED) is 0.940. The first kappa shape index (κ1) is 13.0. The van der Waals surface area contributed by atoms with E-state index in [1.165, 1.54) is 4.57 Å². The molecule has 0 fully saturated rings. The lowest BCUT2D eigenvalue weighted by Gasteiger charge is -2.01. The Balaban J connectivity index is 2.04. The molecule has 1 aromatic heterocycles. The molecule has 0 saturated carbocycles. The number of carbonyl (C=O) groups is 1. The van der Waals surface area contributed by atoms with Gasteiger partial charge in [0.2, 0.25) is 5.91 Å². The average molecular weight is 308 g/mol. The minimum Gasteiger partial charge on any atom is -0.330 e. The fourth-order valence-corrected chi connectivity index (χ4v) is 1.91. The van der Waals surface area contributed by atoms with Gasteiger partial charge in [0, 0.05) is 17.1 Å². The van der Waals surface area contributed by atoms with E-state index in [2.05, 4.69) is 20.9 Å². The summed E-state index contributed by atoms with van der Waals surface area (Å²) in [6, 6.07) is 7.71. The molecule has 0 aliphatic rings. The van der Waals surface area contributed by atoms with E-state index >= 15 is 0 Å². The first-order chi connectivity index (χ1) is 8.69. The van der Waals surface area contributed by atoms with Crippen molar-refractivity contribution in [3.63, 3.8) is 0 Å². The van der Waals surface area contributed by atoms with Gasteiger partial charge >= 0.3 is 0 Å². The average Bonchev–Trinajstić information content (AvgIpc) is 2.81. The summed E-state index contributed by atoms with van der Waals surface area (Å²) in [5.41, 5.74) is 7.28. The van der Waals surface area contributed by atoms with E-state index in [0.717, 1.165) is 15.7 Å². The van der Waals surface area contributed by atoms with E-state index < -0.39 is 0 Å². The van der Waals surface area contributed by atoms with Gasteiger partial charge in [0.25, 0.3) is 0 Å². The normalized spacial score (nSPS) is 10.6. The number of benzene rings is 1. The van der Waals surface area contributed by atoms with Gasteiger partial charge in [-0.05, 0) is 24.2 Å². The molecule has 0 saturated heterocycles. The molecule has 0 aliphatic carbocycles. The standard InChI is InChI=1S/C13H14BrN3O/c14-11-3-1-10(2-4-11)7-13(18)17-8-12(5-6-15)16-9-17/h1-4,8-9H,5-7,15H2. The highest BCUT2D eigenvalue weighted by atomic mass is 79.9. The van der Waals surface area contributed by atoms with Gasteiger partial charge < -0.3 is 5.73 Å². The Kier molecular flexibility index (Phi) is 4.28. The van der Waals surface area contributed by atoms with E-state index in [0.29, 0.717) is 19.4 Å². The minimum absolute atomic E-state index is 0.00749. The Morgan fingerprint density at radius 3 is 2.72 bits per heavy atom. The van der Waals surface area contributed by atoms with Crippen LogP contribution in [0.2, 0.25) is 0 Å². The molecule has 2 rings (SSSR count). The van der Waals surface area contributed by atoms with Gasteiger partial charge in [-0.15, -0.1) is 0 Å². The molecular weight excluding hydrogens is 294 g/mol. The van der Waals surface area contributed by atoms with Crippen molar-refractivity contribution in [1.82, 2.24) is 9.55 Å². The lowest BCUT2D eigenvalue weighted by atomic mass is 10.1. The number of carbonyl (C=O) groups excluding carboxylic acids is 1. The molecule has 0 bridgehead atoms. The van der Waals surface area contributed by atoms with E-state index in [9.17, 15) is 4.79 Å². The molecule has 0 radical (unpaired) electrons. The lowest BCUT2D eigenvalue weighted by Crippen LogP contribution is -2.11.